The fourth-order valence-electron chi connectivity index (χ4n) is 1.19. The third kappa shape index (κ3) is 3.25. The van der Waals surface area contributed by atoms with E-state index in [1.165, 1.54) is 0 Å². The first-order chi connectivity index (χ1) is 7.74. The third-order valence-electron chi connectivity index (χ3n) is 2.01. The Morgan fingerprint density at radius 3 is 2.50 bits per heavy atom. The Morgan fingerprint density at radius 2 is 1.88 bits per heavy atom. The summed E-state index contributed by atoms with van der Waals surface area (Å²) >= 11 is 5.05. The summed E-state index contributed by atoms with van der Waals surface area (Å²) in [5.74, 6) is 1.13. The summed E-state index contributed by atoms with van der Waals surface area (Å²) in [5, 5.41) is 9.15. The van der Waals surface area contributed by atoms with Crippen LogP contribution in [0.3, 0.4) is 0 Å². The zero-order valence-electron chi connectivity index (χ0n) is 8.43. The van der Waals surface area contributed by atoms with Gasteiger partial charge < -0.3 is 5.11 Å². The maximum absolute atomic E-state index is 9.15. The number of hydrogen-bond acceptors (Lipinski definition) is 3. The van der Waals surface area contributed by atoms with Gasteiger partial charge in [0, 0.05) is 21.3 Å². The molecule has 2 rings (SSSR count). The number of aromatic hydroxyl groups is 1. The number of phenols is 1. The molecule has 0 spiro atoms. The van der Waals surface area contributed by atoms with Gasteiger partial charge in [0.15, 0.2) is 0 Å². The number of benzene rings is 1. The van der Waals surface area contributed by atoms with Crippen molar-refractivity contribution in [2.24, 2.45) is 0 Å². The van der Waals surface area contributed by atoms with Crippen LogP contribution in [0.1, 0.15) is 5.69 Å². The number of halogens is 1. The first-order valence-electron chi connectivity index (χ1n) is 4.76. The maximum atomic E-state index is 9.15. The molecule has 1 N–H and O–H groups in total. The number of pyridine rings is 1. The van der Waals surface area contributed by atoms with Crippen molar-refractivity contribution in [2.45, 2.75) is 10.6 Å². The SMILES string of the molecule is Oc1ccc(SCc2ccc(Br)cn2)cc1. The van der Waals surface area contributed by atoms with Crippen molar-refractivity contribution in [3.8, 4) is 5.75 Å². The standard InChI is InChI=1S/C12H10BrNOS/c13-9-1-2-10(14-7-9)8-16-12-5-3-11(15)4-6-12/h1-7,15H,8H2. The Bertz CT molecular complexity index is 410. The third-order valence-corrected chi connectivity index (χ3v) is 3.53. The van der Waals surface area contributed by atoms with E-state index in [2.05, 4.69) is 20.9 Å². The topological polar surface area (TPSA) is 33.1 Å². The number of aromatic nitrogens is 1. The van der Waals surface area contributed by atoms with Crippen LogP contribution in [-0.4, -0.2) is 10.1 Å². The van der Waals surface area contributed by atoms with Gasteiger partial charge in [0.1, 0.15) is 5.75 Å². The fraction of sp³-hybridized carbons (Fsp3) is 0.0833. The predicted octanol–water partition coefficient (Wildman–Crippen LogP) is 3.84. The lowest BCUT2D eigenvalue weighted by molar-refractivity contribution is 0.475. The average molecular weight is 296 g/mol. The molecule has 0 bridgehead atoms. The number of phenolic OH excluding ortho intramolecular Hbond substituents is 1. The molecule has 0 aliphatic heterocycles. The van der Waals surface area contributed by atoms with Gasteiger partial charge in [0.25, 0.3) is 0 Å². The van der Waals surface area contributed by atoms with Gasteiger partial charge in [-0.15, -0.1) is 11.8 Å². The van der Waals surface area contributed by atoms with Gasteiger partial charge in [0.05, 0.1) is 5.69 Å². The van der Waals surface area contributed by atoms with Crippen LogP contribution >= 0.6 is 27.7 Å². The van der Waals surface area contributed by atoms with E-state index in [4.69, 9.17) is 5.11 Å². The quantitative estimate of drug-likeness (QED) is 0.874. The van der Waals surface area contributed by atoms with E-state index in [0.717, 1.165) is 20.8 Å². The van der Waals surface area contributed by atoms with E-state index in [1.54, 1.807) is 30.1 Å². The van der Waals surface area contributed by atoms with E-state index in [0.29, 0.717) is 5.75 Å². The van der Waals surface area contributed by atoms with Gasteiger partial charge in [-0.1, -0.05) is 0 Å². The second kappa shape index (κ2) is 5.37. The number of rotatable bonds is 3. The molecule has 1 aromatic carbocycles. The van der Waals surface area contributed by atoms with Crippen molar-refractivity contribution >= 4 is 27.7 Å². The van der Waals surface area contributed by atoms with Crippen molar-refractivity contribution in [1.29, 1.82) is 0 Å². The van der Waals surface area contributed by atoms with Crippen LogP contribution in [0, 0.1) is 0 Å². The number of thioether (sulfide) groups is 1. The molecular weight excluding hydrogens is 286 g/mol. The highest BCUT2D eigenvalue weighted by Gasteiger charge is 1.98. The molecule has 16 heavy (non-hydrogen) atoms. The first-order valence-corrected chi connectivity index (χ1v) is 6.54. The molecule has 1 heterocycles. The lowest BCUT2D eigenvalue weighted by Gasteiger charge is -2.01. The van der Waals surface area contributed by atoms with Crippen LogP contribution in [0.25, 0.3) is 0 Å². The molecule has 0 radical (unpaired) electrons. The maximum Gasteiger partial charge on any atom is 0.115 e. The molecule has 1 aromatic heterocycles. The van der Waals surface area contributed by atoms with E-state index < -0.39 is 0 Å². The second-order valence-electron chi connectivity index (χ2n) is 3.25. The van der Waals surface area contributed by atoms with Crippen molar-refractivity contribution in [3.05, 3.63) is 52.8 Å². The molecule has 0 unspecified atom stereocenters. The van der Waals surface area contributed by atoms with E-state index >= 15 is 0 Å². The molecule has 2 aromatic rings. The summed E-state index contributed by atoms with van der Waals surface area (Å²) in [6, 6.07) is 11.2. The Kier molecular flexibility index (Phi) is 3.85. The van der Waals surface area contributed by atoms with Crippen molar-refractivity contribution < 1.29 is 5.11 Å². The van der Waals surface area contributed by atoms with Crippen LogP contribution in [0.15, 0.2) is 52.0 Å². The van der Waals surface area contributed by atoms with Gasteiger partial charge in [-0.05, 0) is 52.3 Å². The molecular formula is C12H10BrNOS. The molecule has 2 nitrogen and oxygen atoms in total. The molecule has 0 saturated heterocycles. The van der Waals surface area contributed by atoms with Crippen molar-refractivity contribution in [3.63, 3.8) is 0 Å². The van der Waals surface area contributed by atoms with Gasteiger partial charge in [0.2, 0.25) is 0 Å². The minimum atomic E-state index is 0.297. The molecule has 4 heteroatoms. The predicted molar refractivity (Wildman–Crippen MR) is 69.6 cm³/mol. The number of hydrogen-bond donors (Lipinski definition) is 1. The summed E-state index contributed by atoms with van der Waals surface area (Å²) < 4.78 is 0.992. The van der Waals surface area contributed by atoms with Crippen molar-refractivity contribution in [1.82, 2.24) is 4.98 Å². The molecule has 0 saturated carbocycles. The minimum Gasteiger partial charge on any atom is -0.508 e. The highest BCUT2D eigenvalue weighted by Crippen LogP contribution is 2.24. The summed E-state index contributed by atoms with van der Waals surface area (Å²) in [6.45, 7) is 0. The number of nitrogens with zero attached hydrogens (tertiary/aromatic N) is 1. The van der Waals surface area contributed by atoms with Crippen LogP contribution in [-0.2, 0) is 5.75 Å². The monoisotopic (exact) mass is 295 g/mol. The van der Waals surface area contributed by atoms with Gasteiger partial charge in [-0.25, -0.2) is 0 Å². The molecule has 82 valence electrons. The van der Waals surface area contributed by atoms with Gasteiger partial charge >= 0.3 is 0 Å². The summed E-state index contributed by atoms with van der Waals surface area (Å²) in [5.41, 5.74) is 1.04. The van der Waals surface area contributed by atoms with E-state index in [1.807, 2.05) is 24.3 Å². The Morgan fingerprint density at radius 1 is 1.12 bits per heavy atom. The highest BCUT2D eigenvalue weighted by molar-refractivity contribution is 9.10. The molecule has 0 aliphatic rings. The molecule has 0 aliphatic carbocycles. The fourth-order valence-corrected chi connectivity index (χ4v) is 2.24. The molecule has 0 amide bonds. The zero-order valence-corrected chi connectivity index (χ0v) is 10.8. The van der Waals surface area contributed by atoms with Crippen LogP contribution < -0.4 is 0 Å². The van der Waals surface area contributed by atoms with Crippen LogP contribution in [0.5, 0.6) is 5.75 Å². The Balaban J connectivity index is 1.97. The summed E-state index contributed by atoms with van der Waals surface area (Å²) in [7, 11) is 0. The smallest absolute Gasteiger partial charge is 0.115 e. The van der Waals surface area contributed by atoms with Gasteiger partial charge in [-0.2, -0.15) is 0 Å². The minimum absolute atomic E-state index is 0.297. The first kappa shape index (κ1) is 11.5. The summed E-state index contributed by atoms with van der Waals surface area (Å²) in [4.78, 5) is 5.42. The molecule has 0 atom stereocenters. The summed E-state index contributed by atoms with van der Waals surface area (Å²) in [6.07, 6.45) is 1.80. The highest BCUT2D eigenvalue weighted by atomic mass is 79.9. The van der Waals surface area contributed by atoms with E-state index in [-0.39, 0.29) is 0 Å². The zero-order chi connectivity index (χ0) is 11.4. The van der Waals surface area contributed by atoms with Crippen LogP contribution in [0.4, 0.5) is 0 Å². The lowest BCUT2D eigenvalue weighted by Crippen LogP contribution is -1.85. The van der Waals surface area contributed by atoms with Gasteiger partial charge in [-0.3, -0.25) is 4.98 Å². The largest absolute Gasteiger partial charge is 0.508 e. The van der Waals surface area contributed by atoms with E-state index in [9.17, 15) is 0 Å². The average Bonchev–Trinajstić information content (AvgIpc) is 2.30. The molecule has 0 fully saturated rings. The Labute approximate surface area is 107 Å². The normalized spacial score (nSPS) is 10.3. The van der Waals surface area contributed by atoms with Crippen molar-refractivity contribution in [2.75, 3.05) is 0 Å². The lowest BCUT2D eigenvalue weighted by atomic mass is 10.3. The van der Waals surface area contributed by atoms with Crippen LogP contribution in [0.2, 0.25) is 0 Å². The second-order valence-corrected chi connectivity index (χ2v) is 5.21. The Hall–Kier alpha value is -1.00.